The van der Waals surface area contributed by atoms with Crippen LogP contribution in [0, 0.1) is 13.8 Å². The van der Waals surface area contributed by atoms with Gasteiger partial charge in [0.05, 0.1) is 6.61 Å². The standard InChI is InChI=1S/C18H18N4O5/c1-4-26-18(25)15-14-16(27-21-15)19-11(3)22(17(14)24)9-13(23)20-12-8-6-5-7-10(12)2/h5-8H,4,9H2,1-3H3,(H,20,23). The molecule has 0 radical (unpaired) electrons. The second-order valence-electron chi connectivity index (χ2n) is 5.85. The lowest BCUT2D eigenvalue weighted by Gasteiger charge is -2.11. The van der Waals surface area contributed by atoms with E-state index in [4.69, 9.17) is 9.26 Å². The summed E-state index contributed by atoms with van der Waals surface area (Å²) in [7, 11) is 0. The number of rotatable bonds is 5. The number of hydrogen-bond donors (Lipinski definition) is 1. The number of aryl methyl sites for hydroxylation is 2. The number of para-hydroxylation sites is 1. The van der Waals surface area contributed by atoms with Gasteiger partial charge in [0.1, 0.15) is 17.8 Å². The first-order valence-corrected chi connectivity index (χ1v) is 8.31. The van der Waals surface area contributed by atoms with Gasteiger partial charge >= 0.3 is 5.97 Å². The van der Waals surface area contributed by atoms with Crippen LogP contribution in [0.2, 0.25) is 0 Å². The molecular formula is C18H18N4O5. The maximum absolute atomic E-state index is 12.8. The number of amides is 1. The zero-order chi connectivity index (χ0) is 19.6. The van der Waals surface area contributed by atoms with Crippen molar-refractivity contribution in [2.75, 3.05) is 11.9 Å². The molecule has 0 saturated heterocycles. The van der Waals surface area contributed by atoms with Crippen LogP contribution in [0.3, 0.4) is 0 Å². The molecule has 0 atom stereocenters. The monoisotopic (exact) mass is 370 g/mol. The smallest absolute Gasteiger partial charge is 0.361 e. The quantitative estimate of drug-likeness (QED) is 0.681. The summed E-state index contributed by atoms with van der Waals surface area (Å²) in [5, 5.41) is 6.24. The largest absolute Gasteiger partial charge is 0.461 e. The fraction of sp³-hybridized carbons (Fsp3) is 0.278. The first kappa shape index (κ1) is 18.3. The third kappa shape index (κ3) is 3.57. The van der Waals surface area contributed by atoms with Crippen LogP contribution in [-0.4, -0.2) is 33.2 Å². The molecule has 0 saturated carbocycles. The molecule has 0 aliphatic heterocycles. The Hall–Kier alpha value is -3.49. The van der Waals surface area contributed by atoms with Gasteiger partial charge in [0.25, 0.3) is 11.3 Å². The van der Waals surface area contributed by atoms with E-state index >= 15 is 0 Å². The Kier molecular flexibility index (Phi) is 5.02. The van der Waals surface area contributed by atoms with Crippen molar-refractivity contribution in [2.45, 2.75) is 27.3 Å². The molecule has 0 aliphatic rings. The highest BCUT2D eigenvalue weighted by molar-refractivity contribution is 6.00. The Bertz CT molecular complexity index is 1080. The number of hydrogen-bond acceptors (Lipinski definition) is 7. The number of ether oxygens (including phenoxy) is 1. The molecule has 0 bridgehead atoms. The molecule has 9 nitrogen and oxygen atoms in total. The normalized spacial score (nSPS) is 10.8. The molecule has 3 rings (SSSR count). The van der Waals surface area contributed by atoms with Crippen molar-refractivity contribution in [3.63, 3.8) is 0 Å². The van der Waals surface area contributed by atoms with E-state index in [1.807, 2.05) is 19.1 Å². The number of carbonyl (C=O) groups excluding carboxylic acids is 2. The fourth-order valence-electron chi connectivity index (χ4n) is 2.61. The summed E-state index contributed by atoms with van der Waals surface area (Å²) in [4.78, 5) is 41.3. The number of nitrogens with zero attached hydrogens (tertiary/aromatic N) is 3. The lowest BCUT2D eigenvalue weighted by Crippen LogP contribution is -2.30. The Morgan fingerprint density at radius 2 is 2.00 bits per heavy atom. The SMILES string of the molecule is CCOC(=O)c1noc2nc(C)n(CC(=O)Nc3ccccc3C)c(=O)c12. The summed E-state index contributed by atoms with van der Waals surface area (Å²) in [6.07, 6.45) is 0. The number of fused-ring (bicyclic) bond motifs is 1. The zero-order valence-corrected chi connectivity index (χ0v) is 15.1. The van der Waals surface area contributed by atoms with Gasteiger partial charge in [-0.05, 0) is 32.4 Å². The zero-order valence-electron chi connectivity index (χ0n) is 15.1. The van der Waals surface area contributed by atoms with Crippen LogP contribution < -0.4 is 10.9 Å². The third-order valence-corrected chi connectivity index (χ3v) is 3.98. The van der Waals surface area contributed by atoms with Gasteiger partial charge in [-0.15, -0.1) is 0 Å². The van der Waals surface area contributed by atoms with Gasteiger partial charge in [0.2, 0.25) is 11.6 Å². The fourth-order valence-corrected chi connectivity index (χ4v) is 2.61. The van der Waals surface area contributed by atoms with Gasteiger partial charge in [0, 0.05) is 5.69 Å². The van der Waals surface area contributed by atoms with Crippen molar-refractivity contribution in [2.24, 2.45) is 0 Å². The first-order valence-electron chi connectivity index (χ1n) is 8.31. The van der Waals surface area contributed by atoms with E-state index in [1.54, 1.807) is 26.0 Å². The van der Waals surface area contributed by atoms with Crippen molar-refractivity contribution < 1.29 is 18.8 Å². The summed E-state index contributed by atoms with van der Waals surface area (Å²) >= 11 is 0. The van der Waals surface area contributed by atoms with Crippen LogP contribution in [0.4, 0.5) is 5.69 Å². The summed E-state index contributed by atoms with van der Waals surface area (Å²) in [6, 6.07) is 7.29. The predicted molar refractivity (Wildman–Crippen MR) is 96.6 cm³/mol. The van der Waals surface area contributed by atoms with Crippen molar-refractivity contribution >= 4 is 28.7 Å². The van der Waals surface area contributed by atoms with Crippen molar-refractivity contribution in [3.8, 4) is 0 Å². The molecule has 2 aromatic heterocycles. The summed E-state index contributed by atoms with van der Waals surface area (Å²) in [6.45, 7) is 4.92. The first-order chi connectivity index (χ1) is 12.9. The van der Waals surface area contributed by atoms with Gasteiger partial charge < -0.3 is 14.6 Å². The van der Waals surface area contributed by atoms with Crippen LogP contribution in [0.1, 0.15) is 28.8 Å². The number of benzene rings is 1. The van der Waals surface area contributed by atoms with E-state index in [0.29, 0.717) is 5.69 Å². The van der Waals surface area contributed by atoms with Gasteiger partial charge in [-0.3, -0.25) is 14.2 Å². The third-order valence-electron chi connectivity index (χ3n) is 3.98. The van der Waals surface area contributed by atoms with E-state index in [0.717, 1.165) is 10.1 Å². The van der Waals surface area contributed by atoms with Crippen molar-refractivity contribution in [1.29, 1.82) is 0 Å². The Morgan fingerprint density at radius 1 is 1.26 bits per heavy atom. The maximum Gasteiger partial charge on any atom is 0.361 e. The number of carbonyl (C=O) groups is 2. The van der Waals surface area contributed by atoms with Crippen LogP contribution in [0.15, 0.2) is 33.6 Å². The molecule has 0 fully saturated rings. The molecule has 0 spiro atoms. The molecule has 1 amide bonds. The van der Waals surface area contributed by atoms with Crippen molar-refractivity contribution in [3.05, 3.63) is 51.7 Å². The number of nitrogens with one attached hydrogen (secondary N) is 1. The van der Waals surface area contributed by atoms with E-state index in [2.05, 4.69) is 15.5 Å². The average molecular weight is 370 g/mol. The summed E-state index contributed by atoms with van der Waals surface area (Å²) < 4.78 is 11.0. The van der Waals surface area contributed by atoms with Crippen LogP contribution >= 0.6 is 0 Å². The lowest BCUT2D eigenvalue weighted by molar-refractivity contribution is -0.116. The second kappa shape index (κ2) is 7.40. The minimum Gasteiger partial charge on any atom is -0.461 e. The topological polar surface area (TPSA) is 116 Å². The van der Waals surface area contributed by atoms with Gasteiger partial charge in [-0.1, -0.05) is 23.4 Å². The second-order valence-corrected chi connectivity index (χ2v) is 5.85. The summed E-state index contributed by atoms with van der Waals surface area (Å²) in [5.41, 5.74) is 0.627. The maximum atomic E-state index is 12.8. The van der Waals surface area contributed by atoms with E-state index < -0.39 is 17.4 Å². The molecule has 27 heavy (non-hydrogen) atoms. The van der Waals surface area contributed by atoms with Gasteiger partial charge in [-0.25, -0.2) is 4.79 Å². The molecule has 1 N–H and O–H groups in total. The molecule has 1 aromatic carbocycles. The van der Waals surface area contributed by atoms with E-state index in [9.17, 15) is 14.4 Å². The van der Waals surface area contributed by atoms with Gasteiger partial charge in [-0.2, -0.15) is 4.98 Å². The summed E-state index contributed by atoms with van der Waals surface area (Å²) in [5.74, 6) is -0.918. The van der Waals surface area contributed by atoms with E-state index in [1.165, 1.54) is 0 Å². The minimum atomic E-state index is -0.782. The van der Waals surface area contributed by atoms with Crippen molar-refractivity contribution in [1.82, 2.24) is 14.7 Å². The molecule has 0 unspecified atom stereocenters. The number of aromatic nitrogens is 3. The molecular weight excluding hydrogens is 352 g/mol. The highest BCUT2D eigenvalue weighted by atomic mass is 16.5. The molecule has 3 aromatic rings. The van der Waals surface area contributed by atoms with E-state index in [-0.39, 0.29) is 35.8 Å². The minimum absolute atomic E-state index is 0.0730. The molecule has 9 heteroatoms. The lowest BCUT2D eigenvalue weighted by atomic mass is 10.2. The Labute approximate surface area is 153 Å². The van der Waals surface area contributed by atoms with Crippen LogP contribution in [0.5, 0.6) is 0 Å². The van der Waals surface area contributed by atoms with Crippen LogP contribution in [0.25, 0.3) is 11.1 Å². The molecule has 2 heterocycles. The average Bonchev–Trinajstić information content (AvgIpc) is 3.05. The highest BCUT2D eigenvalue weighted by Gasteiger charge is 2.24. The highest BCUT2D eigenvalue weighted by Crippen LogP contribution is 2.15. The van der Waals surface area contributed by atoms with Gasteiger partial charge in [0.15, 0.2) is 0 Å². The predicted octanol–water partition coefficient (Wildman–Crippen LogP) is 1.82. The number of esters is 1. The Balaban J connectivity index is 1.95. The molecule has 140 valence electrons. The Morgan fingerprint density at radius 3 is 2.70 bits per heavy atom. The van der Waals surface area contributed by atoms with Crippen LogP contribution in [-0.2, 0) is 16.1 Å². The number of anilines is 1. The molecule has 0 aliphatic carbocycles.